The number of anilines is 1. The van der Waals surface area contributed by atoms with Crippen molar-refractivity contribution in [2.45, 2.75) is 31.7 Å². The fraction of sp³-hybridized carbons (Fsp3) is 0.300. The Bertz CT molecular complexity index is 717. The van der Waals surface area contributed by atoms with Crippen molar-refractivity contribution in [3.05, 3.63) is 75.8 Å². The molecule has 0 saturated heterocycles. The second-order valence-corrected chi connectivity index (χ2v) is 7.22. The summed E-state index contributed by atoms with van der Waals surface area (Å²) < 4.78 is 1.16. The number of nitrogens with one attached hydrogen (secondary N) is 1. The van der Waals surface area contributed by atoms with Crippen LogP contribution < -0.4 is 5.32 Å². The van der Waals surface area contributed by atoms with Gasteiger partial charge in [-0.15, -0.1) is 0 Å². The van der Waals surface area contributed by atoms with E-state index >= 15 is 0 Å². The SMILES string of the molecule is CCc1ccc([C@@H]2Nc3ccc(Br)cc3[C@@H]3C=CC[C@H]32)cc1. The lowest BCUT2D eigenvalue weighted by atomic mass is 9.77. The lowest BCUT2D eigenvalue weighted by Gasteiger charge is -2.37. The molecule has 0 radical (unpaired) electrons. The van der Waals surface area contributed by atoms with Crippen molar-refractivity contribution >= 4 is 21.6 Å². The van der Waals surface area contributed by atoms with Crippen molar-refractivity contribution in [2.24, 2.45) is 5.92 Å². The Labute approximate surface area is 140 Å². The van der Waals surface area contributed by atoms with Gasteiger partial charge in [-0.25, -0.2) is 0 Å². The Balaban J connectivity index is 1.74. The Morgan fingerprint density at radius 1 is 1.14 bits per heavy atom. The Morgan fingerprint density at radius 2 is 1.95 bits per heavy atom. The predicted octanol–water partition coefficient (Wildman–Crippen LogP) is 5.84. The first kappa shape index (κ1) is 14.1. The summed E-state index contributed by atoms with van der Waals surface area (Å²) in [5, 5.41) is 3.79. The molecule has 1 nitrogen and oxygen atoms in total. The molecule has 2 aromatic rings. The van der Waals surface area contributed by atoms with E-state index < -0.39 is 0 Å². The number of hydrogen-bond donors (Lipinski definition) is 1. The van der Waals surface area contributed by atoms with Gasteiger partial charge in [0.1, 0.15) is 0 Å². The van der Waals surface area contributed by atoms with E-state index in [1.165, 1.54) is 22.4 Å². The normalized spacial score (nSPS) is 25.5. The predicted molar refractivity (Wildman–Crippen MR) is 96.3 cm³/mol. The number of fused-ring (bicyclic) bond motifs is 3. The number of hydrogen-bond acceptors (Lipinski definition) is 1. The van der Waals surface area contributed by atoms with Crippen LogP contribution in [0, 0.1) is 5.92 Å². The van der Waals surface area contributed by atoms with Gasteiger partial charge < -0.3 is 5.32 Å². The maximum Gasteiger partial charge on any atom is 0.0553 e. The fourth-order valence-corrected chi connectivity index (χ4v) is 4.23. The second-order valence-electron chi connectivity index (χ2n) is 6.30. The zero-order valence-corrected chi connectivity index (χ0v) is 14.3. The highest BCUT2D eigenvalue weighted by Gasteiger charge is 2.37. The van der Waals surface area contributed by atoms with Crippen molar-refractivity contribution in [2.75, 3.05) is 5.32 Å². The standard InChI is InChI=1S/C20H20BrN/c1-2-13-6-8-14(9-7-13)20-17-5-3-4-16(17)18-12-15(21)10-11-19(18)22-20/h3-4,6-12,16-17,20,22H,2,5H2,1H3/t16-,17-,20+/m1/s1. The van der Waals surface area contributed by atoms with Gasteiger partial charge in [0.05, 0.1) is 6.04 Å². The zero-order valence-electron chi connectivity index (χ0n) is 12.7. The van der Waals surface area contributed by atoms with Crippen molar-refractivity contribution in [3.63, 3.8) is 0 Å². The van der Waals surface area contributed by atoms with Crippen molar-refractivity contribution < 1.29 is 0 Å². The number of aryl methyl sites for hydroxylation is 1. The molecule has 22 heavy (non-hydrogen) atoms. The first-order chi connectivity index (χ1) is 10.8. The fourth-order valence-electron chi connectivity index (χ4n) is 3.86. The maximum atomic E-state index is 3.79. The van der Waals surface area contributed by atoms with E-state index in [1.807, 2.05) is 0 Å². The summed E-state index contributed by atoms with van der Waals surface area (Å²) in [5.41, 5.74) is 5.52. The summed E-state index contributed by atoms with van der Waals surface area (Å²) in [6, 6.07) is 16.1. The zero-order chi connectivity index (χ0) is 15.1. The summed E-state index contributed by atoms with van der Waals surface area (Å²) in [4.78, 5) is 0. The number of rotatable bonds is 2. The molecule has 3 atom stereocenters. The lowest BCUT2D eigenvalue weighted by Crippen LogP contribution is -2.29. The van der Waals surface area contributed by atoms with Crippen LogP contribution in [0.25, 0.3) is 0 Å². The van der Waals surface area contributed by atoms with Gasteiger partial charge in [-0.3, -0.25) is 0 Å². The first-order valence-corrected chi connectivity index (χ1v) is 8.87. The molecule has 1 N–H and O–H groups in total. The monoisotopic (exact) mass is 353 g/mol. The minimum Gasteiger partial charge on any atom is -0.378 e. The van der Waals surface area contributed by atoms with E-state index in [-0.39, 0.29) is 0 Å². The van der Waals surface area contributed by atoms with E-state index in [4.69, 9.17) is 0 Å². The summed E-state index contributed by atoms with van der Waals surface area (Å²) in [5.74, 6) is 1.15. The molecule has 0 aromatic heterocycles. The van der Waals surface area contributed by atoms with Gasteiger partial charge in [0.25, 0.3) is 0 Å². The van der Waals surface area contributed by atoms with Crippen LogP contribution in [0.1, 0.15) is 42.0 Å². The summed E-state index contributed by atoms with van der Waals surface area (Å²) >= 11 is 3.61. The molecule has 1 aliphatic carbocycles. The highest BCUT2D eigenvalue weighted by molar-refractivity contribution is 9.10. The van der Waals surface area contributed by atoms with Gasteiger partial charge in [-0.2, -0.15) is 0 Å². The van der Waals surface area contributed by atoms with Crippen LogP contribution in [-0.2, 0) is 6.42 Å². The van der Waals surface area contributed by atoms with E-state index in [2.05, 4.69) is 82.8 Å². The number of benzene rings is 2. The molecule has 1 aliphatic heterocycles. The molecule has 2 aromatic carbocycles. The molecule has 1 heterocycles. The van der Waals surface area contributed by atoms with Crippen LogP contribution >= 0.6 is 15.9 Å². The van der Waals surface area contributed by atoms with E-state index in [9.17, 15) is 0 Å². The van der Waals surface area contributed by atoms with Crippen LogP contribution in [-0.4, -0.2) is 0 Å². The first-order valence-electron chi connectivity index (χ1n) is 8.07. The van der Waals surface area contributed by atoms with Gasteiger partial charge in [0.2, 0.25) is 0 Å². The van der Waals surface area contributed by atoms with Crippen molar-refractivity contribution in [3.8, 4) is 0 Å². The molecule has 2 aliphatic rings. The lowest BCUT2D eigenvalue weighted by molar-refractivity contribution is 0.425. The molecule has 0 amide bonds. The topological polar surface area (TPSA) is 12.0 Å². The summed E-state index contributed by atoms with van der Waals surface area (Å²) in [6.07, 6.45) is 7.00. The third kappa shape index (κ3) is 2.30. The molecule has 2 heteroatoms. The van der Waals surface area contributed by atoms with Gasteiger partial charge in [0, 0.05) is 16.1 Å². The van der Waals surface area contributed by atoms with Gasteiger partial charge in [-0.05, 0) is 53.6 Å². The van der Waals surface area contributed by atoms with Gasteiger partial charge >= 0.3 is 0 Å². The smallest absolute Gasteiger partial charge is 0.0553 e. The summed E-state index contributed by atoms with van der Waals surface area (Å²) in [7, 11) is 0. The summed E-state index contributed by atoms with van der Waals surface area (Å²) in [6.45, 7) is 2.21. The van der Waals surface area contributed by atoms with Crippen LogP contribution in [0.5, 0.6) is 0 Å². The largest absolute Gasteiger partial charge is 0.378 e. The molecule has 0 spiro atoms. The average Bonchev–Trinajstić information content (AvgIpc) is 3.04. The number of allylic oxidation sites excluding steroid dienone is 2. The quantitative estimate of drug-likeness (QED) is 0.668. The van der Waals surface area contributed by atoms with Crippen LogP contribution in [0.3, 0.4) is 0 Å². The van der Waals surface area contributed by atoms with Gasteiger partial charge in [-0.1, -0.05) is 59.3 Å². The van der Waals surface area contributed by atoms with Crippen LogP contribution in [0.15, 0.2) is 59.1 Å². The molecule has 0 bridgehead atoms. The highest BCUT2D eigenvalue weighted by Crippen LogP contribution is 2.50. The Morgan fingerprint density at radius 3 is 2.73 bits per heavy atom. The Hall–Kier alpha value is -1.54. The van der Waals surface area contributed by atoms with Crippen LogP contribution in [0.2, 0.25) is 0 Å². The van der Waals surface area contributed by atoms with E-state index in [1.54, 1.807) is 0 Å². The molecular formula is C20H20BrN. The molecule has 0 fully saturated rings. The third-order valence-corrected chi connectivity index (χ3v) is 5.57. The van der Waals surface area contributed by atoms with Crippen LogP contribution in [0.4, 0.5) is 5.69 Å². The minimum absolute atomic E-state index is 0.402. The molecule has 112 valence electrons. The number of halogens is 1. The second kappa shape index (κ2) is 5.58. The maximum absolute atomic E-state index is 3.79. The van der Waals surface area contributed by atoms with Crippen molar-refractivity contribution in [1.82, 2.24) is 0 Å². The third-order valence-electron chi connectivity index (χ3n) is 5.07. The molecule has 0 unspecified atom stereocenters. The van der Waals surface area contributed by atoms with E-state index in [0.717, 1.165) is 17.3 Å². The molecule has 4 rings (SSSR count). The minimum atomic E-state index is 0.402. The highest BCUT2D eigenvalue weighted by atomic mass is 79.9. The Kier molecular flexibility index (Phi) is 3.57. The van der Waals surface area contributed by atoms with Gasteiger partial charge in [0.15, 0.2) is 0 Å². The van der Waals surface area contributed by atoms with Crippen molar-refractivity contribution in [1.29, 1.82) is 0 Å². The average molecular weight is 354 g/mol. The molecule has 0 saturated carbocycles. The molecular weight excluding hydrogens is 334 g/mol. The van der Waals surface area contributed by atoms with E-state index in [0.29, 0.717) is 17.9 Å².